The molecule has 6 nitrogen and oxygen atoms in total. The summed E-state index contributed by atoms with van der Waals surface area (Å²) in [5, 5.41) is 6.53. The van der Waals surface area contributed by atoms with E-state index >= 15 is 0 Å². The molecule has 21 heavy (non-hydrogen) atoms. The van der Waals surface area contributed by atoms with E-state index in [-0.39, 0.29) is 18.3 Å². The number of benzene rings is 1. The summed E-state index contributed by atoms with van der Waals surface area (Å²) in [4.78, 5) is 16.1. The number of amides is 1. The zero-order valence-electron chi connectivity index (χ0n) is 11.6. The topological polar surface area (TPSA) is 94.0 Å². The second-order valence-electron chi connectivity index (χ2n) is 5.25. The van der Waals surface area contributed by atoms with E-state index in [9.17, 15) is 4.79 Å². The van der Waals surface area contributed by atoms with Crippen molar-refractivity contribution in [2.75, 3.05) is 5.32 Å². The van der Waals surface area contributed by atoms with Crippen LogP contribution in [0.25, 0.3) is 0 Å². The van der Waals surface area contributed by atoms with Gasteiger partial charge in [0.1, 0.15) is 0 Å². The lowest BCUT2D eigenvalue weighted by Gasteiger charge is -2.34. The molecule has 1 saturated carbocycles. The Bertz CT molecular complexity index is 635. The molecule has 0 atom stereocenters. The van der Waals surface area contributed by atoms with Crippen molar-refractivity contribution in [3.8, 4) is 0 Å². The van der Waals surface area contributed by atoms with Crippen LogP contribution in [-0.2, 0) is 5.54 Å². The monoisotopic (exact) mass is 308 g/mol. The minimum atomic E-state index is -0.522. The third-order valence-corrected chi connectivity index (χ3v) is 3.62. The van der Waals surface area contributed by atoms with E-state index in [2.05, 4.69) is 15.5 Å². The van der Waals surface area contributed by atoms with Crippen molar-refractivity contribution in [3.05, 3.63) is 41.5 Å². The number of carbonyl (C=O) groups excluding carboxylic acids is 1. The van der Waals surface area contributed by atoms with Crippen LogP contribution in [-0.4, -0.2) is 16.0 Å². The van der Waals surface area contributed by atoms with Gasteiger partial charge in [-0.25, -0.2) is 0 Å². The van der Waals surface area contributed by atoms with Gasteiger partial charge in [0.25, 0.3) is 0 Å². The van der Waals surface area contributed by atoms with Crippen LogP contribution in [0, 0.1) is 6.92 Å². The van der Waals surface area contributed by atoms with Crippen LogP contribution in [0.3, 0.4) is 0 Å². The van der Waals surface area contributed by atoms with Crippen molar-refractivity contribution in [2.45, 2.75) is 31.7 Å². The molecule has 0 spiro atoms. The molecule has 0 radical (unpaired) electrons. The number of aryl methyl sites for hydroxylation is 1. The Morgan fingerprint density at radius 2 is 2.00 bits per heavy atom. The van der Waals surface area contributed by atoms with Gasteiger partial charge < -0.3 is 15.6 Å². The molecular formula is C14H17ClN4O2. The highest BCUT2D eigenvalue weighted by Gasteiger charge is 2.39. The maximum Gasteiger partial charge on any atom is 0.316 e. The molecule has 1 heterocycles. The molecule has 3 rings (SSSR count). The first-order chi connectivity index (χ1) is 9.57. The molecule has 1 amide bonds. The van der Waals surface area contributed by atoms with E-state index in [4.69, 9.17) is 10.3 Å². The summed E-state index contributed by atoms with van der Waals surface area (Å²) < 4.78 is 4.99. The summed E-state index contributed by atoms with van der Waals surface area (Å²) >= 11 is 0. The van der Waals surface area contributed by atoms with Gasteiger partial charge in [0.15, 0.2) is 5.82 Å². The Kier molecular flexibility index (Phi) is 4.29. The summed E-state index contributed by atoms with van der Waals surface area (Å²) in [5.74, 6) is -0.0642. The highest BCUT2D eigenvalue weighted by molar-refractivity contribution is 6.00. The zero-order valence-corrected chi connectivity index (χ0v) is 12.4. The molecule has 1 aromatic carbocycles. The summed E-state index contributed by atoms with van der Waals surface area (Å²) in [5.41, 5.74) is 7.38. The normalized spacial score (nSPS) is 15.7. The van der Waals surface area contributed by atoms with E-state index in [1.807, 2.05) is 31.2 Å². The second-order valence-corrected chi connectivity index (χ2v) is 5.25. The lowest BCUT2D eigenvalue weighted by molar-refractivity contribution is 0.0981. The molecule has 0 saturated heterocycles. The van der Waals surface area contributed by atoms with Gasteiger partial charge in [-0.15, -0.1) is 12.4 Å². The van der Waals surface area contributed by atoms with Crippen molar-refractivity contribution in [1.29, 1.82) is 0 Å². The van der Waals surface area contributed by atoms with Gasteiger partial charge in [0.05, 0.1) is 5.54 Å². The number of halogens is 1. The molecule has 1 aromatic heterocycles. The molecule has 0 aliphatic heterocycles. The summed E-state index contributed by atoms with van der Waals surface area (Å²) in [6, 6.07) is 7.47. The lowest BCUT2D eigenvalue weighted by atomic mass is 9.77. The average molecular weight is 309 g/mol. The standard InChI is InChI=1S/C14H16N4O2.ClH/c1-9-3-5-10(6-4-9)16-11(19)12-17-13(18-20-12)14(15)7-2-8-14;/h3-6H,2,7-8,15H2,1H3,(H,16,19);1H. The van der Waals surface area contributed by atoms with Gasteiger partial charge in [-0.2, -0.15) is 4.98 Å². The third-order valence-electron chi connectivity index (χ3n) is 3.62. The quantitative estimate of drug-likeness (QED) is 0.908. The lowest BCUT2D eigenvalue weighted by Crippen LogP contribution is -2.44. The fourth-order valence-electron chi connectivity index (χ4n) is 2.12. The predicted octanol–water partition coefficient (Wildman–Crippen LogP) is 2.39. The third kappa shape index (κ3) is 3.06. The number of nitrogens with zero attached hydrogens (tertiary/aromatic N) is 2. The SMILES string of the molecule is Cc1ccc(NC(=O)c2nc(C3(N)CCC3)no2)cc1.Cl. The molecule has 7 heteroatoms. The van der Waals surface area contributed by atoms with Crippen LogP contribution in [0.4, 0.5) is 5.69 Å². The zero-order chi connectivity index (χ0) is 14.2. The maximum absolute atomic E-state index is 12.0. The predicted molar refractivity (Wildman–Crippen MR) is 80.4 cm³/mol. The molecule has 3 N–H and O–H groups in total. The fraction of sp³-hybridized carbons (Fsp3) is 0.357. The van der Waals surface area contributed by atoms with Crippen molar-refractivity contribution in [1.82, 2.24) is 10.1 Å². The van der Waals surface area contributed by atoms with Gasteiger partial charge >= 0.3 is 11.8 Å². The Labute approximate surface area is 128 Å². The summed E-state index contributed by atoms with van der Waals surface area (Å²) in [7, 11) is 0. The number of anilines is 1. The van der Waals surface area contributed by atoms with Crippen molar-refractivity contribution in [2.24, 2.45) is 5.73 Å². The van der Waals surface area contributed by atoms with Crippen LogP contribution in [0.5, 0.6) is 0 Å². The van der Waals surface area contributed by atoms with Gasteiger partial charge in [-0.05, 0) is 38.3 Å². The largest absolute Gasteiger partial charge is 0.328 e. The number of nitrogens with two attached hydrogens (primary N) is 1. The van der Waals surface area contributed by atoms with Crippen LogP contribution >= 0.6 is 12.4 Å². The summed E-state index contributed by atoms with van der Waals surface area (Å²) in [6.07, 6.45) is 2.70. The molecule has 1 aliphatic carbocycles. The van der Waals surface area contributed by atoms with Crippen molar-refractivity contribution >= 4 is 24.0 Å². The van der Waals surface area contributed by atoms with E-state index in [1.54, 1.807) is 0 Å². The van der Waals surface area contributed by atoms with E-state index < -0.39 is 11.4 Å². The van der Waals surface area contributed by atoms with Crippen molar-refractivity contribution < 1.29 is 9.32 Å². The maximum atomic E-state index is 12.0. The number of rotatable bonds is 3. The molecule has 1 aliphatic rings. The van der Waals surface area contributed by atoms with E-state index in [1.165, 1.54) is 0 Å². The Morgan fingerprint density at radius 1 is 1.33 bits per heavy atom. The second kappa shape index (κ2) is 5.83. The molecule has 0 bridgehead atoms. The van der Waals surface area contributed by atoms with Crippen molar-refractivity contribution in [3.63, 3.8) is 0 Å². The number of nitrogens with one attached hydrogen (secondary N) is 1. The Morgan fingerprint density at radius 3 is 2.57 bits per heavy atom. The average Bonchev–Trinajstić information content (AvgIpc) is 2.89. The number of hydrogen-bond acceptors (Lipinski definition) is 5. The molecular weight excluding hydrogens is 292 g/mol. The van der Waals surface area contributed by atoms with Crippen LogP contribution in [0.2, 0.25) is 0 Å². The van der Waals surface area contributed by atoms with E-state index in [0.29, 0.717) is 11.5 Å². The molecule has 0 unspecified atom stereocenters. The summed E-state index contributed by atoms with van der Waals surface area (Å²) in [6.45, 7) is 1.98. The van der Waals surface area contributed by atoms with Gasteiger partial charge in [-0.3, -0.25) is 4.79 Å². The highest BCUT2D eigenvalue weighted by atomic mass is 35.5. The Hall–Kier alpha value is -1.92. The number of carbonyl (C=O) groups is 1. The minimum absolute atomic E-state index is 0. The van der Waals surface area contributed by atoms with E-state index in [0.717, 1.165) is 24.8 Å². The van der Waals surface area contributed by atoms with Crippen LogP contribution < -0.4 is 11.1 Å². The fourth-order valence-corrected chi connectivity index (χ4v) is 2.12. The minimum Gasteiger partial charge on any atom is -0.328 e. The van der Waals surface area contributed by atoms with Crippen LogP contribution in [0.1, 0.15) is 41.3 Å². The first-order valence-electron chi connectivity index (χ1n) is 6.58. The molecule has 1 fully saturated rings. The highest BCUT2D eigenvalue weighted by Crippen LogP contribution is 2.36. The van der Waals surface area contributed by atoms with Gasteiger partial charge in [-0.1, -0.05) is 22.9 Å². The Balaban J connectivity index is 0.00000161. The number of aromatic nitrogens is 2. The van der Waals surface area contributed by atoms with Crippen LogP contribution in [0.15, 0.2) is 28.8 Å². The molecule has 2 aromatic rings. The van der Waals surface area contributed by atoms with Gasteiger partial charge in [0.2, 0.25) is 0 Å². The first-order valence-corrected chi connectivity index (χ1v) is 6.58. The molecule has 112 valence electrons. The first kappa shape index (κ1) is 15.5. The van der Waals surface area contributed by atoms with Gasteiger partial charge in [0, 0.05) is 5.69 Å². The number of hydrogen-bond donors (Lipinski definition) is 2. The smallest absolute Gasteiger partial charge is 0.316 e.